The highest BCUT2D eigenvalue weighted by atomic mass is 19.1. The Balaban J connectivity index is 2.01. The average molecular weight is 324 g/mol. The molecule has 0 spiro atoms. The number of aromatic carboxylic acids is 1. The van der Waals surface area contributed by atoms with E-state index in [2.05, 4.69) is 18.8 Å². The molecule has 0 amide bonds. The zero-order valence-corrected chi connectivity index (χ0v) is 13.8. The maximum atomic E-state index is 13.6. The third-order valence-corrected chi connectivity index (χ3v) is 3.78. The van der Waals surface area contributed by atoms with Gasteiger partial charge in [-0.25, -0.2) is 9.18 Å². The molecule has 24 heavy (non-hydrogen) atoms. The smallest absolute Gasteiger partial charge is 0.335 e. The number of benzene rings is 2. The van der Waals surface area contributed by atoms with Crippen LogP contribution in [0.25, 0.3) is 11.1 Å². The first-order valence-corrected chi connectivity index (χ1v) is 8.19. The van der Waals surface area contributed by atoms with Crippen molar-refractivity contribution in [3.8, 4) is 23.0 Å². The van der Waals surface area contributed by atoms with Crippen molar-refractivity contribution >= 4 is 5.97 Å². The van der Waals surface area contributed by atoms with Crippen LogP contribution in [-0.4, -0.2) is 17.2 Å². The Bertz CT molecular complexity index is 721. The SMILES string of the molecule is CCCCCC(F)C#Cc1ccc(-c2ccc(C(=O)O)cc2)cc1. The zero-order chi connectivity index (χ0) is 17.4. The van der Waals surface area contributed by atoms with Gasteiger partial charge in [0.15, 0.2) is 6.17 Å². The number of rotatable bonds is 6. The molecule has 1 unspecified atom stereocenters. The lowest BCUT2D eigenvalue weighted by Crippen LogP contribution is -1.95. The lowest BCUT2D eigenvalue weighted by Gasteiger charge is -2.03. The largest absolute Gasteiger partial charge is 0.478 e. The predicted molar refractivity (Wildman–Crippen MR) is 94.8 cm³/mol. The molecule has 1 N–H and O–H groups in total. The fraction of sp³-hybridized carbons (Fsp3) is 0.286. The van der Waals surface area contributed by atoms with Gasteiger partial charge in [-0.3, -0.25) is 0 Å². The third-order valence-electron chi connectivity index (χ3n) is 3.78. The van der Waals surface area contributed by atoms with E-state index in [-0.39, 0.29) is 5.56 Å². The van der Waals surface area contributed by atoms with Gasteiger partial charge in [-0.05, 0) is 48.2 Å². The Morgan fingerprint density at radius 1 is 1.04 bits per heavy atom. The van der Waals surface area contributed by atoms with E-state index in [1.54, 1.807) is 24.3 Å². The van der Waals surface area contributed by atoms with Gasteiger partial charge in [0, 0.05) is 5.56 Å². The van der Waals surface area contributed by atoms with Crippen LogP contribution in [0.2, 0.25) is 0 Å². The predicted octanol–water partition coefficient (Wildman–Crippen LogP) is 5.32. The van der Waals surface area contributed by atoms with Gasteiger partial charge in [0.2, 0.25) is 0 Å². The number of hydrogen-bond acceptors (Lipinski definition) is 1. The highest BCUT2D eigenvalue weighted by molar-refractivity contribution is 5.88. The summed E-state index contributed by atoms with van der Waals surface area (Å²) < 4.78 is 13.6. The number of carbonyl (C=O) groups is 1. The normalized spacial score (nSPS) is 11.4. The molecule has 2 nitrogen and oxygen atoms in total. The Labute approximate surface area is 142 Å². The number of carboxylic acid groups (broad SMARTS) is 1. The van der Waals surface area contributed by atoms with Crippen LogP contribution in [0.4, 0.5) is 4.39 Å². The van der Waals surface area contributed by atoms with Crippen molar-refractivity contribution in [3.63, 3.8) is 0 Å². The van der Waals surface area contributed by atoms with E-state index in [1.165, 1.54) is 0 Å². The summed E-state index contributed by atoms with van der Waals surface area (Å²) in [6.45, 7) is 2.09. The van der Waals surface area contributed by atoms with Gasteiger partial charge in [-0.2, -0.15) is 0 Å². The van der Waals surface area contributed by atoms with Crippen molar-refractivity contribution in [2.75, 3.05) is 0 Å². The van der Waals surface area contributed by atoms with Crippen LogP contribution < -0.4 is 0 Å². The number of halogens is 1. The first kappa shape index (κ1) is 17.7. The van der Waals surface area contributed by atoms with Gasteiger partial charge >= 0.3 is 5.97 Å². The van der Waals surface area contributed by atoms with Crippen LogP contribution in [0.1, 0.15) is 48.5 Å². The molecule has 0 aliphatic rings. The van der Waals surface area contributed by atoms with Gasteiger partial charge in [0.1, 0.15) is 0 Å². The molecular weight excluding hydrogens is 303 g/mol. The fourth-order valence-electron chi connectivity index (χ4n) is 2.36. The molecule has 0 saturated heterocycles. The topological polar surface area (TPSA) is 37.3 Å². The Morgan fingerprint density at radius 3 is 2.17 bits per heavy atom. The van der Waals surface area contributed by atoms with Crippen LogP contribution in [0.3, 0.4) is 0 Å². The molecule has 0 aliphatic heterocycles. The monoisotopic (exact) mass is 324 g/mol. The van der Waals surface area contributed by atoms with Gasteiger partial charge in [-0.1, -0.05) is 55.9 Å². The van der Waals surface area contributed by atoms with Gasteiger partial charge in [0.25, 0.3) is 0 Å². The standard InChI is InChI=1S/C21H21FO2/c1-2-3-4-5-20(22)15-8-16-6-9-17(10-7-16)18-11-13-19(14-12-18)21(23)24/h6-7,9-14,20H,2-5H2,1H3,(H,23,24). The summed E-state index contributed by atoms with van der Waals surface area (Å²) in [4.78, 5) is 10.9. The van der Waals surface area contributed by atoms with E-state index in [9.17, 15) is 9.18 Å². The summed E-state index contributed by atoms with van der Waals surface area (Å²) in [6.07, 6.45) is 2.42. The molecule has 0 saturated carbocycles. The zero-order valence-electron chi connectivity index (χ0n) is 13.8. The summed E-state index contributed by atoms with van der Waals surface area (Å²) in [6, 6.07) is 14.2. The number of carboxylic acids is 1. The number of unbranched alkanes of at least 4 members (excludes halogenated alkanes) is 2. The number of alkyl halides is 1. The molecule has 2 rings (SSSR count). The fourth-order valence-corrected chi connectivity index (χ4v) is 2.36. The minimum atomic E-state index is -1.07. The maximum absolute atomic E-state index is 13.6. The maximum Gasteiger partial charge on any atom is 0.335 e. The van der Waals surface area contributed by atoms with E-state index in [0.717, 1.165) is 36.0 Å². The molecular formula is C21H21FO2. The highest BCUT2D eigenvalue weighted by Gasteiger charge is 2.03. The van der Waals surface area contributed by atoms with E-state index < -0.39 is 12.1 Å². The summed E-state index contributed by atoms with van der Waals surface area (Å²) in [5.74, 6) is 4.59. The molecule has 3 heteroatoms. The Hall–Kier alpha value is -2.60. The quantitative estimate of drug-likeness (QED) is 0.576. The summed E-state index contributed by atoms with van der Waals surface area (Å²) in [5.41, 5.74) is 2.94. The van der Waals surface area contributed by atoms with E-state index in [4.69, 9.17) is 5.11 Å². The van der Waals surface area contributed by atoms with Crippen LogP contribution in [0.15, 0.2) is 48.5 Å². The lowest BCUT2D eigenvalue weighted by atomic mass is 10.0. The van der Waals surface area contributed by atoms with Crippen molar-refractivity contribution in [2.45, 2.75) is 38.8 Å². The minimum absolute atomic E-state index is 0.262. The summed E-state index contributed by atoms with van der Waals surface area (Å²) in [5, 5.41) is 8.91. The van der Waals surface area contributed by atoms with Crippen molar-refractivity contribution in [3.05, 3.63) is 59.7 Å². The molecule has 0 radical (unpaired) electrons. The van der Waals surface area contributed by atoms with Crippen LogP contribution in [-0.2, 0) is 0 Å². The van der Waals surface area contributed by atoms with Crippen molar-refractivity contribution in [1.29, 1.82) is 0 Å². The molecule has 2 aromatic carbocycles. The molecule has 2 aromatic rings. The highest BCUT2D eigenvalue weighted by Crippen LogP contribution is 2.20. The van der Waals surface area contributed by atoms with Crippen molar-refractivity contribution in [1.82, 2.24) is 0 Å². The van der Waals surface area contributed by atoms with E-state index in [0.29, 0.717) is 6.42 Å². The first-order chi connectivity index (χ1) is 11.6. The second-order valence-corrected chi connectivity index (χ2v) is 5.69. The molecule has 124 valence electrons. The Morgan fingerprint density at radius 2 is 1.62 bits per heavy atom. The summed E-state index contributed by atoms with van der Waals surface area (Å²) >= 11 is 0. The van der Waals surface area contributed by atoms with Crippen molar-refractivity contribution < 1.29 is 14.3 Å². The molecule has 0 heterocycles. The van der Waals surface area contributed by atoms with Crippen LogP contribution in [0.5, 0.6) is 0 Å². The third kappa shape index (κ3) is 5.24. The molecule has 0 bridgehead atoms. The van der Waals surface area contributed by atoms with Gasteiger partial charge in [-0.15, -0.1) is 0 Å². The first-order valence-electron chi connectivity index (χ1n) is 8.19. The van der Waals surface area contributed by atoms with Crippen LogP contribution in [0, 0.1) is 11.8 Å². The van der Waals surface area contributed by atoms with E-state index >= 15 is 0 Å². The van der Waals surface area contributed by atoms with Crippen LogP contribution >= 0.6 is 0 Å². The average Bonchev–Trinajstić information content (AvgIpc) is 2.61. The minimum Gasteiger partial charge on any atom is -0.478 e. The van der Waals surface area contributed by atoms with E-state index in [1.807, 2.05) is 24.3 Å². The lowest BCUT2D eigenvalue weighted by molar-refractivity contribution is 0.0697. The number of hydrogen-bond donors (Lipinski definition) is 1. The second kappa shape index (κ2) is 8.88. The van der Waals surface area contributed by atoms with Crippen molar-refractivity contribution in [2.24, 2.45) is 0 Å². The molecule has 0 aliphatic carbocycles. The summed E-state index contributed by atoms with van der Waals surface area (Å²) in [7, 11) is 0. The second-order valence-electron chi connectivity index (χ2n) is 5.69. The van der Waals surface area contributed by atoms with Gasteiger partial charge in [0.05, 0.1) is 5.56 Å². The molecule has 0 aromatic heterocycles. The molecule has 0 fully saturated rings. The van der Waals surface area contributed by atoms with Gasteiger partial charge < -0.3 is 5.11 Å². The Kier molecular flexibility index (Phi) is 6.57. The molecule has 1 atom stereocenters.